The molecule has 0 radical (unpaired) electrons. The topological polar surface area (TPSA) is 74.0 Å². The fourth-order valence-electron chi connectivity index (χ4n) is 3.70. The van der Waals surface area contributed by atoms with E-state index in [-0.39, 0.29) is 11.7 Å². The molecule has 2 aromatic carbocycles. The third-order valence-electron chi connectivity index (χ3n) is 5.34. The second-order valence-electron chi connectivity index (χ2n) is 7.26. The lowest BCUT2D eigenvalue weighted by Crippen LogP contribution is -2.48. The minimum Gasteiger partial charge on any atom is -0.508 e. The van der Waals surface area contributed by atoms with E-state index in [1.54, 1.807) is 30.0 Å². The third-order valence-corrected chi connectivity index (χ3v) is 5.34. The van der Waals surface area contributed by atoms with E-state index in [9.17, 15) is 19.1 Å². The predicted molar refractivity (Wildman–Crippen MR) is 106 cm³/mol. The molecular weight excluding hydrogens is 375 g/mol. The highest BCUT2D eigenvalue weighted by Gasteiger charge is 2.23. The molecule has 3 aromatic rings. The van der Waals surface area contributed by atoms with Gasteiger partial charge in [-0.2, -0.15) is 0 Å². The molecule has 7 heteroatoms. The Balaban J connectivity index is 1.48. The van der Waals surface area contributed by atoms with E-state index in [2.05, 4.69) is 4.90 Å². The first kappa shape index (κ1) is 19.1. The maximum atomic E-state index is 13.4. The van der Waals surface area contributed by atoms with Gasteiger partial charge in [0.05, 0.1) is 0 Å². The zero-order chi connectivity index (χ0) is 20.5. The highest BCUT2D eigenvalue weighted by atomic mass is 19.1. The zero-order valence-electron chi connectivity index (χ0n) is 16.0. The number of fused-ring (bicyclic) bond motifs is 1. The zero-order valence-corrected chi connectivity index (χ0v) is 16.0. The smallest absolute Gasteiger partial charge is 0.336 e. The third kappa shape index (κ3) is 3.86. The Bertz CT molecular complexity index is 1130. The number of amides is 1. The summed E-state index contributed by atoms with van der Waals surface area (Å²) in [6, 6.07) is 10.5. The summed E-state index contributed by atoms with van der Waals surface area (Å²) in [5.41, 5.74) is 1.64. The molecule has 1 saturated heterocycles. The monoisotopic (exact) mass is 396 g/mol. The second-order valence-corrected chi connectivity index (χ2v) is 7.26. The van der Waals surface area contributed by atoms with Crippen molar-refractivity contribution in [2.45, 2.75) is 13.5 Å². The molecule has 0 atom stereocenters. The lowest BCUT2D eigenvalue weighted by Gasteiger charge is -2.35. The highest BCUT2D eigenvalue weighted by Crippen LogP contribution is 2.28. The maximum Gasteiger partial charge on any atom is 0.336 e. The lowest BCUT2D eigenvalue weighted by molar-refractivity contribution is 0.0628. The van der Waals surface area contributed by atoms with Crippen molar-refractivity contribution in [3.05, 3.63) is 75.4 Å². The average molecular weight is 396 g/mol. The Morgan fingerprint density at radius 1 is 1.14 bits per heavy atom. The maximum absolute atomic E-state index is 13.4. The standard InChI is InChI=1S/C22H21FN2O4/c1-14-19(26)6-5-18-16(12-20(27)29-21(14)18)13-24-7-9-25(10-8-24)22(28)15-3-2-4-17(23)11-15/h2-6,11-12,26H,7-10,13H2,1H3. The first-order valence-electron chi connectivity index (χ1n) is 9.45. The van der Waals surface area contributed by atoms with Gasteiger partial charge in [0, 0.05) is 55.3 Å². The Morgan fingerprint density at radius 2 is 1.90 bits per heavy atom. The molecule has 1 fully saturated rings. The molecule has 1 aliphatic rings. The summed E-state index contributed by atoms with van der Waals surface area (Å²) < 4.78 is 18.7. The number of hydrogen-bond donors (Lipinski definition) is 1. The van der Waals surface area contributed by atoms with Crippen LogP contribution < -0.4 is 5.63 Å². The van der Waals surface area contributed by atoms with Crippen LogP contribution in [0.1, 0.15) is 21.5 Å². The van der Waals surface area contributed by atoms with Crippen LogP contribution in [0.2, 0.25) is 0 Å². The number of halogens is 1. The number of hydrogen-bond acceptors (Lipinski definition) is 5. The van der Waals surface area contributed by atoms with Crippen molar-refractivity contribution in [1.82, 2.24) is 9.80 Å². The van der Waals surface area contributed by atoms with Gasteiger partial charge in [-0.1, -0.05) is 6.07 Å². The average Bonchev–Trinajstić information content (AvgIpc) is 2.71. The summed E-state index contributed by atoms with van der Waals surface area (Å²) in [4.78, 5) is 28.4. The van der Waals surface area contributed by atoms with Crippen molar-refractivity contribution in [3.8, 4) is 5.75 Å². The Hall–Kier alpha value is -3.19. The number of benzene rings is 2. The SMILES string of the molecule is Cc1c(O)ccc2c(CN3CCN(C(=O)c4cccc(F)c4)CC3)cc(=O)oc12. The van der Waals surface area contributed by atoms with Crippen molar-refractivity contribution in [3.63, 3.8) is 0 Å². The number of carbonyl (C=O) groups is 1. The number of aryl methyl sites for hydroxylation is 1. The summed E-state index contributed by atoms with van der Waals surface area (Å²) in [6.07, 6.45) is 0. The van der Waals surface area contributed by atoms with Crippen LogP contribution in [0, 0.1) is 12.7 Å². The lowest BCUT2D eigenvalue weighted by atomic mass is 10.1. The van der Waals surface area contributed by atoms with Crippen LogP contribution in [-0.4, -0.2) is 47.0 Å². The fourth-order valence-corrected chi connectivity index (χ4v) is 3.70. The van der Waals surface area contributed by atoms with Gasteiger partial charge < -0.3 is 14.4 Å². The molecule has 0 spiro atoms. The molecule has 1 aliphatic heterocycles. The highest BCUT2D eigenvalue weighted by molar-refractivity contribution is 5.94. The van der Waals surface area contributed by atoms with Crippen LogP contribution in [-0.2, 0) is 6.54 Å². The van der Waals surface area contributed by atoms with Gasteiger partial charge in [-0.3, -0.25) is 9.69 Å². The van der Waals surface area contributed by atoms with Crippen molar-refractivity contribution in [1.29, 1.82) is 0 Å². The van der Waals surface area contributed by atoms with E-state index >= 15 is 0 Å². The van der Waals surface area contributed by atoms with Crippen LogP contribution in [0.25, 0.3) is 11.0 Å². The van der Waals surface area contributed by atoms with Gasteiger partial charge in [-0.05, 0) is 42.8 Å². The van der Waals surface area contributed by atoms with Crippen LogP contribution in [0.3, 0.4) is 0 Å². The van der Waals surface area contributed by atoms with Crippen LogP contribution in [0.15, 0.2) is 51.7 Å². The largest absolute Gasteiger partial charge is 0.508 e. The number of phenolic OH excluding ortho intramolecular Hbond substituents is 1. The Labute approximate surface area is 166 Å². The molecule has 1 aromatic heterocycles. The van der Waals surface area contributed by atoms with E-state index < -0.39 is 11.4 Å². The van der Waals surface area contributed by atoms with Crippen molar-refractivity contribution >= 4 is 16.9 Å². The molecule has 150 valence electrons. The summed E-state index contributed by atoms with van der Waals surface area (Å²) >= 11 is 0. The molecular formula is C22H21FN2O4. The molecule has 1 N–H and O–H groups in total. The van der Waals surface area contributed by atoms with E-state index in [1.165, 1.54) is 24.3 Å². The van der Waals surface area contributed by atoms with Crippen molar-refractivity contribution in [2.75, 3.05) is 26.2 Å². The molecule has 0 aliphatic carbocycles. The molecule has 0 bridgehead atoms. The molecule has 4 rings (SSSR count). The summed E-state index contributed by atoms with van der Waals surface area (Å²) in [6.45, 7) is 4.57. The number of carbonyl (C=O) groups excluding carboxylic acids is 1. The van der Waals surface area contributed by atoms with Gasteiger partial charge in [0.25, 0.3) is 5.91 Å². The van der Waals surface area contributed by atoms with Gasteiger partial charge in [-0.25, -0.2) is 9.18 Å². The number of piperazine rings is 1. The van der Waals surface area contributed by atoms with Crippen LogP contribution in [0.4, 0.5) is 4.39 Å². The van der Waals surface area contributed by atoms with E-state index in [0.717, 1.165) is 10.9 Å². The van der Waals surface area contributed by atoms with Gasteiger partial charge >= 0.3 is 5.63 Å². The second kappa shape index (κ2) is 7.67. The first-order valence-corrected chi connectivity index (χ1v) is 9.45. The predicted octanol–water partition coefficient (Wildman–Crippen LogP) is 2.90. The molecule has 29 heavy (non-hydrogen) atoms. The number of nitrogens with zero attached hydrogens (tertiary/aromatic N) is 2. The number of rotatable bonds is 3. The van der Waals surface area contributed by atoms with Crippen molar-refractivity contribution in [2.24, 2.45) is 0 Å². The van der Waals surface area contributed by atoms with Crippen LogP contribution >= 0.6 is 0 Å². The number of phenols is 1. The minimum atomic E-state index is -0.457. The molecule has 6 nitrogen and oxygen atoms in total. The van der Waals surface area contributed by atoms with E-state index in [4.69, 9.17) is 4.42 Å². The van der Waals surface area contributed by atoms with Gasteiger partial charge in [0.2, 0.25) is 0 Å². The van der Waals surface area contributed by atoms with Crippen molar-refractivity contribution < 1.29 is 18.7 Å². The minimum absolute atomic E-state index is 0.0854. The fraction of sp³-hybridized carbons (Fsp3) is 0.273. The summed E-state index contributed by atoms with van der Waals surface area (Å²) in [7, 11) is 0. The van der Waals surface area contributed by atoms with Gasteiger partial charge in [0.15, 0.2) is 0 Å². The van der Waals surface area contributed by atoms with E-state index in [0.29, 0.717) is 49.4 Å². The van der Waals surface area contributed by atoms with Gasteiger partial charge in [-0.15, -0.1) is 0 Å². The molecule has 0 unspecified atom stereocenters. The van der Waals surface area contributed by atoms with Crippen LogP contribution in [0.5, 0.6) is 5.75 Å². The number of aromatic hydroxyl groups is 1. The summed E-state index contributed by atoms with van der Waals surface area (Å²) in [5, 5.41) is 10.7. The normalized spacial score (nSPS) is 15.0. The Kier molecular flexibility index (Phi) is 5.07. The first-order chi connectivity index (χ1) is 13.9. The molecule has 1 amide bonds. The molecule has 0 saturated carbocycles. The molecule has 2 heterocycles. The van der Waals surface area contributed by atoms with Gasteiger partial charge in [0.1, 0.15) is 17.1 Å². The quantitative estimate of drug-likeness (QED) is 0.689. The Morgan fingerprint density at radius 3 is 2.62 bits per heavy atom. The summed E-state index contributed by atoms with van der Waals surface area (Å²) in [5.74, 6) is -0.520. The van der Waals surface area contributed by atoms with E-state index in [1.807, 2.05) is 0 Å².